The van der Waals surface area contributed by atoms with E-state index in [2.05, 4.69) is 29.6 Å². The second-order valence-electron chi connectivity index (χ2n) is 11.5. The molecule has 6 nitrogen and oxygen atoms in total. The molecule has 0 aliphatic carbocycles. The molecule has 1 amide bonds. The second kappa shape index (κ2) is 15.1. The van der Waals surface area contributed by atoms with Gasteiger partial charge < -0.3 is 19.9 Å². The average molecular weight is 645 g/mol. The molecule has 0 saturated carbocycles. The van der Waals surface area contributed by atoms with Crippen LogP contribution in [0.5, 0.6) is 5.75 Å². The van der Waals surface area contributed by atoms with Crippen LogP contribution in [0.25, 0.3) is 11.1 Å². The van der Waals surface area contributed by atoms with E-state index in [1.807, 2.05) is 109 Å². The molecular weight excluding hydrogens is 608 g/mol. The van der Waals surface area contributed by atoms with Crippen LogP contribution in [-0.2, 0) is 22.4 Å². The van der Waals surface area contributed by atoms with Crippen molar-refractivity contribution >= 4 is 23.4 Å². The molecule has 47 heavy (non-hydrogen) atoms. The molecule has 1 aliphatic rings. The van der Waals surface area contributed by atoms with Crippen LogP contribution < -0.4 is 10.1 Å². The van der Waals surface area contributed by atoms with Gasteiger partial charge >= 0.3 is 0 Å². The second-order valence-corrected chi connectivity index (χ2v) is 11.9. The summed E-state index contributed by atoms with van der Waals surface area (Å²) in [7, 11) is 0. The Labute approximate surface area is 280 Å². The lowest BCUT2D eigenvalue weighted by molar-refractivity contribution is -0.128. The third-order valence-corrected chi connectivity index (χ3v) is 8.67. The molecule has 0 bridgehead atoms. The summed E-state index contributed by atoms with van der Waals surface area (Å²) in [6.07, 6.45) is 0.778. The van der Waals surface area contributed by atoms with Crippen LogP contribution in [0.4, 0.5) is 0 Å². The van der Waals surface area contributed by atoms with E-state index in [0.29, 0.717) is 49.1 Å². The maximum Gasteiger partial charge on any atom is 0.252 e. The van der Waals surface area contributed by atoms with E-state index in [4.69, 9.17) is 31.2 Å². The number of nitrogens with zero attached hydrogens (tertiary/aromatic N) is 1. The number of hydrogen-bond donors (Lipinski definition) is 2. The number of carbonyl (C=O) groups excluding carboxylic acids is 1. The molecule has 0 radical (unpaired) electrons. The number of hydrogen-bond acceptors (Lipinski definition) is 5. The van der Waals surface area contributed by atoms with E-state index < -0.39 is 11.6 Å². The van der Waals surface area contributed by atoms with Gasteiger partial charge in [0.15, 0.2) is 11.6 Å². The molecule has 5 aromatic rings. The first-order valence-electron chi connectivity index (χ1n) is 15.9. The van der Waals surface area contributed by atoms with Gasteiger partial charge in [0, 0.05) is 36.6 Å². The number of benzene rings is 5. The van der Waals surface area contributed by atoms with Gasteiger partial charge in [0.05, 0.1) is 6.61 Å². The van der Waals surface area contributed by atoms with Crippen molar-refractivity contribution in [2.24, 2.45) is 4.99 Å². The zero-order valence-corrected chi connectivity index (χ0v) is 26.8. The largest absolute Gasteiger partial charge is 0.494 e. The predicted molar refractivity (Wildman–Crippen MR) is 187 cm³/mol. The fourth-order valence-electron chi connectivity index (χ4n) is 5.84. The Morgan fingerprint density at radius 1 is 0.809 bits per heavy atom. The smallest absolute Gasteiger partial charge is 0.252 e. The maximum absolute atomic E-state index is 14.5. The molecule has 1 aliphatic heterocycles. The highest BCUT2D eigenvalue weighted by molar-refractivity contribution is 6.31. The first-order valence-corrected chi connectivity index (χ1v) is 16.3. The van der Waals surface area contributed by atoms with Crippen LogP contribution in [0.15, 0.2) is 138 Å². The number of aliphatic hydroxyl groups excluding tert-OH is 1. The van der Waals surface area contributed by atoms with Crippen molar-refractivity contribution in [3.8, 4) is 16.9 Å². The lowest BCUT2D eigenvalue weighted by atomic mass is 9.81. The van der Waals surface area contributed by atoms with Gasteiger partial charge in [0.25, 0.3) is 5.91 Å². The molecule has 0 fully saturated rings. The van der Waals surface area contributed by atoms with Crippen molar-refractivity contribution in [1.82, 2.24) is 5.32 Å². The summed E-state index contributed by atoms with van der Waals surface area (Å²) >= 11 is 6.42. The summed E-state index contributed by atoms with van der Waals surface area (Å²) < 4.78 is 12.4. The van der Waals surface area contributed by atoms with E-state index in [1.165, 1.54) is 0 Å². The summed E-state index contributed by atoms with van der Waals surface area (Å²) in [6, 6.07) is 43.4. The predicted octanol–water partition coefficient (Wildman–Crippen LogP) is 7.63. The van der Waals surface area contributed by atoms with Crippen LogP contribution in [-0.4, -0.2) is 42.2 Å². The van der Waals surface area contributed by atoms with Crippen LogP contribution >= 0.6 is 11.6 Å². The molecule has 6 rings (SSSR count). The Bertz CT molecular complexity index is 1790. The summed E-state index contributed by atoms with van der Waals surface area (Å²) in [5.41, 5.74) is 4.42. The van der Waals surface area contributed by atoms with Gasteiger partial charge in [0.2, 0.25) is 5.90 Å². The van der Waals surface area contributed by atoms with Gasteiger partial charge in [-0.05, 0) is 64.6 Å². The number of halogens is 1. The molecule has 2 atom stereocenters. The maximum atomic E-state index is 14.5. The first kappa shape index (κ1) is 32.0. The van der Waals surface area contributed by atoms with Crippen LogP contribution in [0.3, 0.4) is 0 Å². The summed E-state index contributed by atoms with van der Waals surface area (Å²) in [5, 5.41) is 13.0. The van der Waals surface area contributed by atoms with Crippen molar-refractivity contribution in [3.05, 3.63) is 161 Å². The summed E-state index contributed by atoms with van der Waals surface area (Å²) in [4.78, 5) is 19.7. The lowest BCUT2D eigenvalue weighted by Crippen LogP contribution is -2.50. The van der Waals surface area contributed by atoms with Crippen LogP contribution in [0.1, 0.15) is 34.8 Å². The minimum Gasteiger partial charge on any atom is -0.494 e. The summed E-state index contributed by atoms with van der Waals surface area (Å²) in [6.45, 7) is 0.882. The van der Waals surface area contributed by atoms with Crippen molar-refractivity contribution < 1.29 is 19.4 Å². The van der Waals surface area contributed by atoms with E-state index in [-0.39, 0.29) is 12.5 Å². The van der Waals surface area contributed by atoms with Crippen LogP contribution in [0.2, 0.25) is 5.02 Å². The third kappa shape index (κ3) is 7.57. The first-order chi connectivity index (χ1) is 23.1. The van der Waals surface area contributed by atoms with Gasteiger partial charge in [-0.2, -0.15) is 0 Å². The number of rotatable bonds is 13. The number of ether oxygens (including phenoxy) is 2. The van der Waals surface area contributed by atoms with Gasteiger partial charge in [-0.15, -0.1) is 0 Å². The molecule has 238 valence electrons. The summed E-state index contributed by atoms with van der Waals surface area (Å²) in [5.74, 6) is 0.854. The standard InChI is InChI=1S/C40H37ClN2O4/c41-36-15-8-7-14-32(36)24-25-42-39(45)40(28-29-10-3-1-4-11-29)37(33-18-16-31(17-19-33)30-12-5-2-6-13-30)47-38(43-40)34-20-22-35(23-21-34)46-27-9-26-44/h1-8,10-23,37,44H,9,24-28H2,(H,42,45)/t37-,40-/m1/s1. The topological polar surface area (TPSA) is 80.2 Å². The molecule has 0 aromatic heterocycles. The zero-order chi connectivity index (χ0) is 32.5. The molecule has 5 aromatic carbocycles. The van der Waals surface area contributed by atoms with E-state index in [0.717, 1.165) is 33.4 Å². The van der Waals surface area contributed by atoms with Gasteiger partial charge in [-0.25, -0.2) is 4.99 Å². The Morgan fingerprint density at radius 2 is 1.45 bits per heavy atom. The van der Waals surface area contributed by atoms with E-state index in [1.54, 1.807) is 0 Å². The molecule has 2 N–H and O–H groups in total. The van der Waals surface area contributed by atoms with Crippen molar-refractivity contribution in [3.63, 3.8) is 0 Å². The minimum atomic E-state index is -1.29. The molecule has 0 unspecified atom stereocenters. The number of aliphatic hydroxyl groups is 1. The molecular formula is C40H37ClN2O4. The number of aliphatic imine (C=N–C) groups is 1. The van der Waals surface area contributed by atoms with E-state index >= 15 is 0 Å². The molecule has 7 heteroatoms. The SMILES string of the molecule is O=C(NCCc1ccccc1Cl)[C@]1(Cc2ccccc2)N=C(c2ccc(OCCCO)cc2)O[C@@H]1c1ccc(-c2ccccc2)cc1. The zero-order valence-electron chi connectivity index (χ0n) is 26.0. The van der Waals surface area contributed by atoms with Crippen molar-refractivity contribution in [2.45, 2.75) is 30.9 Å². The highest BCUT2D eigenvalue weighted by Gasteiger charge is 2.53. The van der Waals surface area contributed by atoms with Crippen molar-refractivity contribution in [1.29, 1.82) is 0 Å². The quantitative estimate of drug-likeness (QED) is 0.129. The Morgan fingerprint density at radius 3 is 2.15 bits per heavy atom. The molecule has 0 spiro atoms. The average Bonchev–Trinajstić information content (AvgIpc) is 3.50. The highest BCUT2D eigenvalue weighted by Crippen LogP contribution is 2.43. The van der Waals surface area contributed by atoms with Crippen molar-refractivity contribution in [2.75, 3.05) is 19.8 Å². The number of nitrogens with one attached hydrogen (secondary N) is 1. The number of carbonyl (C=O) groups is 1. The molecule has 0 saturated heterocycles. The minimum absolute atomic E-state index is 0.0698. The Kier molecular flexibility index (Phi) is 10.3. The Balaban J connectivity index is 1.37. The normalized spacial score (nSPS) is 17.1. The monoisotopic (exact) mass is 644 g/mol. The van der Waals surface area contributed by atoms with Gasteiger partial charge in [-0.1, -0.05) is 115 Å². The van der Waals surface area contributed by atoms with Gasteiger partial charge in [-0.3, -0.25) is 4.79 Å². The number of amides is 1. The Hall–Kier alpha value is -4.91. The molecule has 1 heterocycles. The fourth-order valence-corrected chi connectivity index (χ4v) is 6.07. The van der Waals surface area contributed by atoms with Crippen LogP contribution in [0, 0.1) is 0 Å². The lowest BCUT2D eigenvalue weighted by Gasteiger charge is -2.31. The van der Waals surface area contributed by atoms with E-state index in [9.17, 15) is 4.79 Å². The highest BCUT2D eigenvalue weighted by atomic mass is 35.5. The van der Waals surface area contributed by atoms with Gasteiger partial charge in [0.1, 0.15) is 5.75 Å². The fraction of sp³-hybridized carbons (Fsp3) is 0.200. The third-order valence-electron chi connectivity index (χ3n) is 8.30.